The van der Waals surface area contributed by atoms with Crippen LogP contribution in [-0.4, -0.2) is 26.9 Å². The molecule has 5 nitrogen and oxygen atoms in total. The topological polar surface area (TPSA) is 63.8 Å². The van der Waals surface area contributed by atoms with Crippen molar-refractivity contribution in [3.8, 4) is 5.75 Å². The van der Waals surface area contributed by atoms with E-state index in [1.807, 2.05) is 30.3 Å². The molecule has 0 aliphatic heterocycles. The molecule has 2 atom stereocenters. The molecule has 5 heteroatoms. The van der Waals surface area contributed by atoms with Gasteiger partial charge in [-0.3, -0.25) is 9.20 Å². The van der Waals surface area contributed by atoms with Crippen molar-refractivity contribution in [3.63, 3.8) is 0 Å². The molecule has 24 heavy (non-hydrogen) atoms. The molecule has 0 saturated carbocycles. The van der Waals surface area contributed by atoms with Gasteiger partial charge in [-0.05, 0) is 43.0 Å². The van der Waals surface area contributed by atoms with Crippen molar-refractivity contribution in [2.75, 3.05) is 0 Å². The Kier molecular flexibility index (Phi) is 3.58. The van der Waals surface area contributed by atoms with E-state index in [0.29, 0.717) is 29.2 Å². The van der Waals surface area contributed by atoms with Crippen molar-refractivity contribution >= 4 is 11.9 Å². The molecule has 1 aliphatic carbocycles. The fourth-order valence-corrected chi connectivity index (χ4v) is 3.39. The Morgan fingerprint density at radius 3 is 2.96 bits per heavy atom. The van der Waals surface area contributed by atoms with Gasteiger partial charge in [0.1, 0.15) is 11.8 Å². The number of aromatic nitrogens is 2. The van der Waals surface area contributed by atoms with E-state index in [2.05, 4.69) is 11.1 Å². The highest BCUT2D eigenvalue weighted by Gasteiger charge is 2.30. The molecule has 1 aliphatic rings. The van der Waals surface area contributed by atoms with Gasteiger partial charge in [-0.1, -0.05) is 24.3 Å². The average molecular weight is 322 g/mol. The first-order valence-corrected chi connectivity index (χ1v) is 8.04. The second-order valence-corrected chi connectivity index (χ2v) is 6.11. The first kappa shape index (κ1) is 14.9. The quantitative estimate of drug-likeness (QED) is 0.753. The summed E-state index contributed by atoms with van der Waals surface area (Å²) in [5.74, 6) is 0.564. The van der Waals surface area contributed by atoms with Gasteiger partial charge in [0.2, 0.25) is 0 Å². The summed E-state index contributed by atoms with van der Waals surface area (Å²) in [5, 5.41) is 10.4. The Morgan fingerprint density at radius 2 is 2.12 bits per heavy atom. The van der Waals surface area contributed by atoms with Crippen LogP contribution in [0.1, 0.15) is 39.8 Å². The molecule has 0 saturated heterocycles. The summed E-state index contributed by atoms with van der Waals surface area (Å²) in [6.45, 7) is 1.80. The largest absolute Gasteiger partial charge is 0.479 e. The molecule has 2 unspecified atom stereocenters. The van der Waals surface area contributed by atoms with Gasteiger partial charge in [-0.2, -0.15) is 0 Å². The molecule has 1 N–H and O–H groups in total. The smallest absolute Gasteiger partial charge is 0.180 e. The summed E-state index contributed by atoms with van der Waals surface area (Å²) in [6.07, 6.45) is 3.09. The minimum Gasteiger partial charge on any atom is -0.479 e. The van der Waals surface area contributed by atoms with Crippen LogP contribution in [-0.2, 0) is 6.42 Å². The third-order valence-corrected chi connectivity index (χ3v) is 4.62. The van der Waals surface area contributed by atoms with Crippen molar-refractivity contribution in [2.24, 2.45) is 0 Å². The van der Waals surface area contributed by atoms with Gasteiger partial charge in [0, 0.05) is 6.20 Å². The molecule has 0 radical (unpaired) electrons. The zero-order valence-electron chi connectivity index (χ0n) is 13.3. The van der Waals surface area contributed by atoms with Crippen LogP contribution >= 0.6 is 0 Å². The van der Waals surface area contributed by atoms with Crippen LogP contribution in [0, 0.1) is 6.92 Å². The first-order chi connectivity index (χ1) is 11.7. The lowest BCUT2D eigenvalue weighted by molar-refractivity contribution is 0.0233. The fourth-order valence-electron chi connectivity index (χ4n) is 3.39. The number of nitrogens with zero attached hydrogens (tertiary/aromatic N) is 2. The molecule has 122 valence electrons. The van der Waals surface area contributed by atoms with Crippen molar-refractivity contribution in [3.05, 3.63) is 65.1 Å². The van der Waals surface area contributed by atoms with Gasteiger partial charge in [0.25, 0.3) is 0 Å². The van der Waals surface area contributed by atoms with Gasteiger partial charge in [-0.15, -0.1) is 0 Å². The molecule has 0 amide bonds. The zero-order valence-corrected chi connectivity index (χ0v) is 13.3. The maximum absolute atomic E-state index is 11.3. The van der Waals surface area contributed by atoms with Crippen LogP contribution in [0.3, 0.4) is 0 Å². The number of aliphatic hydroxyl groups excluding tert-OH is 1. The van der Waals surface area contributed by atoms with E-state index in [0.717, 1.165) is 18.3 Å². The van der Waals surface area contributed by atoms with Crippen LogP contribution in [0.2, 0.25) is 0 Å². The maximum Gasteiger partial charge on any atom is 0.180 e. The molecular formula is C19H18N2O3. The number of ether oxygens (including phenoxy) is 1. The molecule has 1 aromatic carbocycles. The van der Waals surface area contributed by atoms with Gasteiger partial charge in [-0.25, -0.2) is 4.98 Å². The summed E-state index contributed by atoms with van der Waals surface area (Å²) in [6, 6.07) is 11.7. The van der Waals surface area contributed by atoms with E-state index in [4.69, 9.17) is 4.74 Å². The lowest BCUT2D eigenvalue weighted by atomic mass is 9.87. The number of pyridine rings is 1. The Morgan fingerprint density at radius 1 is 1.29 bits per heavy atom. The molecular weight excluding hydrogens is 304 g/mol. The summed E-state index contributed by atoms with van der Waals surface area (Å²) in [5.41, 5.74) is 3.98. The predicted octanol–water partition coefficient (Wildman–Crippen LogP) is 2.88. The lowest BCUT2D eigenvalue weighted by Gasteiger charge is -2.30. The highest BCUT2D eigenvalue weighted by Crippen LogP contribution is 2.35. The fraction of sp³-hybridized carbons (Fsp3) is 0.263. The van der Waals surface area contributed by atoms with Crippen LogP contribution in [0.4, 0.5) is 0 Å². The number of aliphatic hydroxyl groups is 1. The minimum absolute atomic E-state index is 0.433. The third kappa shape index (κ3) is 2.29. The Hall–Kier alpha value is -2.66. The van der Waals surface area contributed by atoms with Gasteiger partial charge in [0.05, 0.1) is 11.8 Å². The predicted molar refractivity (Wildman–Crippen MR) is 89.5 cm³/mol. The van der Waals surface area contributed by atoms with Crippen molar-refractivity contribution in [2.45, 2.75) is 32.0 Å². The van der Waals surface area contributed by atoms with Crippen molar-refractivity contribution in [1.82, 2.24) is 9.38 Å². The number of aryl methyl sites for hydroxylation is 2. The normalized spacial score (nSPS) is 19.9. The van der Waals surface area contributed by atoms with Crippen LogP contribution in [0.25, 0.3) is 5.65 Å². The highest BCUT2D eigenvalue weighted by atomic mass is 16.5. The standard InChI is InChI=1S/C19H18N2O3/c1-12-15(11-22)21-10-4-7-17(19(21)20-12)24-18-14-6-3-2-5-13(14)8-9-16(18)23/h2-7,10-11,16,18,23H,8-9H2,1H3. The highest BCUT2D eigenvalue weighted by molar-refractivity contribution is 5.77. The second-order valence-electron chi connectivity index (χ2n) is 6.11. The maximum atomic E-state index is 11.3. The second kappa shape index (κ2) is 5.76. The average Bonchev–Trinajstić information content (AvgIpc) is 2.93. The molecule has 4 rings (SSSR count). The number of imidazole rings is 1. The van der Waals surface area contributed by atoms with Gasteiger partial charge in [0.15, 0.2) is 17.7 Å². The van der Waals surface area contributed by atoms with Crippen molar-refractivity contribution in [1.29, 1.82) is 0 Å². The van der Waals surface area contributed by atoms with Crippen LogP contribution < -0.4 is 4.74 Å². The third-order valence-electron chi connectivity index (χ3n) is 4.62. The summed E-state index contributed by atoms with van der Waals surface area (Å²) in [7, 11) is 0. The summed E-state index contributed by atoms with van der Waals surface area (Å²) in [4.78, 5) is 15.7. The zero-order chi connectivity index (χ0) is 16.7. The molecule has 3 aromatic rings. The minimum atomic E-state index is -0.568. The Balaban J connectivity index is 1.79. The molecule has 2 heterocycles. The van der Waals surface area contributed by atoms with E-state index in [9.17, 15) is 9.90 Å². The SMILES string of the molecule is Cc1nc2c(OC3c4ccccc4CCC3O)cccn2c1C=O. The van der Waals surface area contributed by atoms with E-state index < -0.39 is 12.2 Å². The van der Waals surface area contributed by atoms with Crippen LogP contribution in [0.15, 0.2) is 42.6 Å². The first-order valence-electron chi connectivity index (χ1n) is 8.04. The van der Waals surface area contributed by atoms with Gasteiger partial charge < -0.3 is 9.84 Å². The number of rotatable bonds is 3. The Bertz CT molecular complexity index is 916. The summed E-state index contributed by atoms with van der Waals surface area (Å²) < 4.78 is 7.89. The number of hydrogen-bond donors (Lipinski definition) is 1. The Labute approximate surface area is 139 Å². The molecule has 0 fully saturated rings. The van der Waals surface area contributed by atoms with E-state index in [-0.39, 0.29) is 0 Å². The molecule has 0 bridgehead atoms. The van der Waals surface area contributed by atoms with Crippen molar-refractivity contribution < 1.29 is 14.6 Å². The number of benzene rings is 1. The van der Waals surface area contributed by atoms with E-state index in [1.165, 1.54) is 5.56 Å². The number of fused-ring (bicyclic) bond motifs is 2. The number of carbonyl (C=O) groups excluding carboxylic acids is 1. The number of hydrogen-bond acceptors (Lipinski definition) is 4. The number of aldehydes is 1. The molecule has 0 spiro atoms. The molecule has 2 aromatic heterocycles. The monoisotopic (exact) mass is 322 g/mol. The van der Waals surface area contributed by atoms with E-state index in [1.54, 1.807) is 17.5 Å². The van der Waals surface area contributed by atoms with Gasteiger partial charge >= 0.3 is 0 Å². The van der Waals surface area contributed by atoms with E-state index >= 15 is 0 Å². The summed E-state index contributed by atoms with van der Waals surface area (Å²) >= 11 is 0. The lowest BCUT2D eigenvalue weighted by Crippen LogP contribution is -2.29. The number of carbonyl (C=O) groups is 1. The van der Waals surface area contributed by atoms with Crippen LogP contribution in [0.5, 0.6) is 5.75 Å².